The Morgan fingerprint density at radius 2 is 1.92 bits per heavy atom. The van der Waals surface area contributed by atoms with Crippen molar-refractivity contribution in [3.05, 3.63) is 51.9 Å². The van der Waals surface area contributed by atoms with E-state index < -0.39 is 35.0 Å². The van der Waals surface area contributed by atoms with E-state index in [0.717, 1.165) is 4.68 Å². The Morgan fingerprint density at radius 3 is 2.50 bits per heavy atom. The molecule has 0 aliphatic rings. The number of benzene rings is 1. The highest BCUT2D eigenvalue weighted by molar-refractivity contribution is 6.01. The molecular weight excluding hydrogens is 355 g/mol. The van der Waals surface area contributed by atoms with Crippen LogP contribution < -0.4 is 10.9 Å². The number of anilines is 1. The molecule has 2 rings (SSSR count). The number of carbonyl (C=O) groups excluding carboxylic acids is 2. The lowest BCUT2D eigenvalue weighted by Gasteiger charge is -2.14. The molecule has 0 saturated carbocycles. The second kappa shape index (κ2) is 7.38. The minimum absolute atomic E-state index is 0.0728. The van der Waals surface area contributed by atoms with Gasteiger partial charge in [0.15, 0.2) is 5.69 Å². The molecule has 0 radical (unpaired) electrons. The number of aromatic nitrogens is 2. The van der Waals surface area contributed by atoms with E-state index in [2.05, 4.69) is 5.10 Å². The molecular formula is C16H14F3N3O4. The Kier molecular flexibility index (Phi) is 5.44. The number of nitrogens with one attached hydrogen (secondary N) is 1. The highest BCUT2D eigenvalue weighted by Crippen LogP contribution is 2.20. The monoisotopic (exact) mass is 369 g/mol. The lowest BCUT2D eigenvalue weighted by atomic mass is 10.2. The smallest absolute Gasteiger partial charge is 0.461 e. The zero-order valence-electron chi connectivity index (χ0n) is 13.8. The van der Waals surface area contributed by atoms with Crippen molar-refractivity contribution in [2.75, 3.05) is 11.9 Å². The number of hydrogen-bond donors (Lipinski definition) is 1. The summed E-state index contributed by atoms with van der Waals surface area (Å²) in [6, 6.07) is 7.27. The molecule has 1 aromatic carbocycles. The first-order chi connectivity index (χ1) is 12.1. The molecule has 26 heavy (non-hydrogen) atoms. The highest BCUT2D eigenvalue weighted by atomic mass is 19.4. The molecule has 0 spiro atoms. The molecule has 0 atom stereocenters. The number of nitrogens with zero attached hydrogens (tertiary/aromatic N) is 2. The van der Waals surface area contributed by atoms with Crippen molar-refractivity contribution < 1.29 is 27.5 Å². The average molecular weight is 369 g/mol. The Morgan fingerprint density at radius 1 is 1.27 bits per heavy atom. The van der Waals surface area contributed by atoms with E-state index >= 15 is 0 Å². The van der Waals surface area contributed by atoms with Gasteiger partial charge >= 0.3 is 18.1 Å². The van der Waals surface area contributed by atoms with Gasteiger partial charge in [0.2, 0.25) is 0 Å². The number of ether oxygens (including phenoxy) is 1. The standard InChI is InChI=1S/C16H14F3N3O4/c1-3-26-14(24)13-10(20-15(25)16(17,18)19)8-12(23)22(21-13)11-7-5-4-6-9(11)2/h4-8H,3H2,1-2H3,(H,20,25). The fraction of sp³-hybridized carbons (Fsp3) is 0.250. The van der Waals surface area contributed by atoms with Crippen LogP contribution in [-0.4, -0.2) is 34.4 Å². The van der Waals surface area contributed by atoms with E-state index in [9.17, 15) is 27.6 Å². The summed E-state index contributed by atoms with van der Waals surface area (Å²) in [5, 5.41) is 5.29. The maximum Gasteiger partial charge on any atom is 0.471 e. The van der Waals surface area contributed by atoms with Gasteiger partial charge in [-0.05, 0) is 25.5 Å². The van der Waals surface area contributed by atoms with Gasteiger partial charge in [0.1, 0.15) is 0 Å². The number of para-hydroxylation sites is 1. The molecule has 1 amide bonds. The van der Waals surface area contributed by atoms with Gasteiger partial charge < -0.3 is 10.1 Å². The van der Waals surface area contributed by atoms with Crippen molar-refractivity contribution in [1.29, 1.82) is 0 Å². The van der Waals surface area contributed by atoms with Gasteiger partial charge in [-0.25, -0.2) is 4.79 Å². The molecule has 1 N–H and O–H groups in total. The van der Waals surface area contributed by atoms with E-state index in [1.54, 1.807) is 31.2 Å². The molecule has 1 aromatic heterocycles. The summed E-state index contributed by atoms with van der Waals surface area (Å²) in [5.41, 5.74) is -1.15. The predicted octanol–water partition coefficient (Wildman–Crippen LogP) is 2.22. The van der Waals surface area contributed by atoms with E-state index in [1.165, 1.54) is 12.2 Å². The van der Waals surface area contributed by atoms with Crippen LogP contribution in [0.4, 0.5) is 18.9 Å². The van der Waals surface area contributed by atoms with E-state index in [4.69, 9.17) is 4.74 Å². The molecule has 2 aromatic rings. The molecule has 0 saturated heterocycles. The quantitative estimate of drug-likeness (QED) is 0.835. The summed E-state index contributed by atoms with van der Waals surface area (Å²) in [7, 11) is 0. The van der Waals surface area contributed by atoms with Crippen LogP contribution in [0.25, 0.3) is 5.69 Å². The van der Waals surface area contributed by atoms with Crippen molar-refractivity contribution >= 4 is 17.6 Å². The fourth-order valence-corrected chi connectivity index (χ4v) is 2.07. The van der Waals surface area contributed by atoms with Crippen LogP contribution >= 0.6 is 0 Å². The molecule has 0 aliphatic carbocycles. The molecule has 1 heterocycles. The number of halogens is 3. The SMILES string of the molecule is CCOC(=O)c1nn(-c2ccccc2C)c(=O)cc1NC(=O)C(F)(F)F. The van der Waals surface area contributed by atoms with E-state index in [-0.39, 0.29) is 6.61 Å². The molecule has 7 nitrogen and oxygen atoms in total. The van der Waals surface area contributed by atoms with Crippen molar-refractivity contribution in [2.24, 2.45) is 0 Å². The third kappa shape index (κ3) is 4.08. The van der Waals surface area contributed by atoms with Crippen LogP contribution in [0.1, 0.15) is 23.0 Å². The van der Waals surface area contributed by atoms with Crippen molar-refractivity contribution in [2.45, 2.75) is 20.0 Å². The van der Waals surface area contributed by atoms with Crippen LogP contribution in [-0.2, 0) is 9.53 Å². The van der Waals surface area contributed by atoms with Crippen LogP contribution in [0, 0.1) is 6.92 Å². The number of alkyl halides is 3. The topological polar surface area (TPSA) is 90.3 Å². The molecule has 0 bridgehead atoms. The van der Waals surface area contributed by atoms with Crippen LogP contribution in [0.5, 0.6) is 0 Å². The fourth-order valence-electron chi connectivity index (χ4n) is 2.07. The normalized spacial score (nSPS) is 11.1. The third-order valence-electron chi connectivity index (χ3n) is 3.25. The first-order valence-electron chi connectivity index (χ1n) is 7.40. The van der Waals surface area contributed by atoms with Crippen LogP contribution in [0.2, 0.25) is 0 Å². The maximum atomic E-state index is 12.5. The Hall–Kier alpha value is -3.17. The molecule has 10 heteroatoms. The average Bonchev–Trinajstić information content (AvgIpc) is 2.55. The van der Waals surface area contributed by atoms with Crippen LogP contribution in [0.15, 0.2) is 35.1 Å². The zero-order chi connectivity index (χ0) is 19.5. The van der Waals surface area contributed by atoms with Gasteiger partial charge in [0.05, 0.1) is 18.0 Å². The number of aryl methyl sites for hydroxylation is 1. The second-order valence-electron chi connectivity index (χ2n) is 5.12. The predicted molar refractivity (Wildman–Crippen MR) is 85.2 cm³/mol. The Balaban J connectivity index is 2.61. The number of amides is 1. The van der Waals surface area contributed by atoms with E-state index in [1.807, 2.05) is 0 Å². The van der Waals surface area contributed by atoms with E-state index in [0.29, 0.717) is 17.3 Å². The van der Waals surface area contributed by atoms with Gasteiger partial charge in [-0.1, -0.05) is 18.2 Å². The summed E-state index contributed by atoms with van der Waals surface area (Å²) >= 11 is 0. The van der Waals surface area contributed by atoms with Crippen molar-refractivity contribution in [1.82, 2.24) is 9.78 Å². The number of esters is 1. The molecule has 0 unspecified atom stereocenters. The van der Waals surface area contributed by atoms with Gasteiger partial charge in [0, 0.05) is 6.07 Å². The minimum atomic E-state index is -5.20. The lowest BCUT2D eigenvalue weighted by Crippen LogP contribution is -2.33. The largest absolute Gasteiger partial charge is 0.471 e. The maximum absolute atomic E-state index is 12.5. The number of rotatable bonds is 4. The molecule has 0 aliphatic heterocycles. The molecule has 0 fully saturated rings. The third-order valence-corrected chi connectivity index (χ3v) is 3.25. The zero-order valence-corrected chi connectivity index (χ0v) is 13.8. The Labute approximate surface area is 145 Å². The number of carbonyl (C=O) groups is 2. The summed E-state index contributed by atoms with van der Waals surface area (Å²) in [5.74, 6) is -3.41. The minimum Gasteiger partial charge on any atom is -0.461 e. The summed E-state index contributed by atoms with van der Waals surface area (Å²) in [4.78, 5) is 35.5. The van der Waals surface area contributed by atoms with Crippen LogP contribution in [0.3, 0.4) is 0 Å². The summed E-state index contributed by atoms with van der Waals surface area (Å²) in [6.07, 6.45) is -5.20. The second-order valence-corrected chi connectivity index (χ2v) is 5.12. The molecule has 138 valence electrons. The highest BCUT2D eigenvalue weighted by Gasteiger charge is 2.39. The summed E-state index contributed by atoms with van der Waals surface area (Å²) in [6.45, 7) is 3.10. The first kappa shape index (κ1) is 19.2. The van der Waals surface area contributed by atoms with Gasteiger partial charge in [0.25, 0.3) is 5.56 Å². The van der Waals surface area contributed by atoms with Crippen molar-refractivity contribution in [3.8, 4) is 5.69 Å². The van der Waals surface area contributed by atoms with Gasteiger partial charge in [-0.15, -0.1) is 0 Å². The van der Waals surface area contributed by atoms with Gasteiger partial charge in [-0.3, -0.25) is 9.59 Å². The lowest BCUT2D eigenvalue weighted by molar-refractivity contribution is -0.167. The summed E-state index contributed by atoms with van der Waals surface area (Å²) < 4.78 is 43.0. The Bertz CT molecular complexity index is 906. The first-order valence-corrected chi connectivity index (χ1v) is 7.40. The number of hydrogen-bond acceptors (Lipinski definition) is 5. The van der Waals surface area contributed by atoms with Crippen molar-refractivity contribution in [3.63, 3.8) is 0 Å². The van der Waals surface area contributed by atoms with Gasteiger partial charge in [-0.2, -0.15) is 23.0 Å².